The minimum atomic E-state index is -3.10. The lowest BCUT2D eigenvalue weighted by atomic mass is 9.97. The lowest BCUT2D eigenvalue weighted by Crippen LogP contribution is -2.25. The van der Waals surface area contributed by atoms with Crippen molar-refractivity contribution in [1.29, 1.82) is 0 Å². The van der Waals surface area contributed by atoms with E-state index < -0.39 is 10.0 Å². The standard InChI is InChI=1S/C10H17N3O3S/c1-10(2,3)9-11-8(12-16-9)7-13-5-4-6-17(13,14)15/h4-7H2,1-3H3. The van der Waals surface area contributed by atoms with E-state index in [-0.39, 0.29) is 17.7 Å². The molecular weight excluding hydrogens is 242 g/mol. The molecule has 0 radical (unpaired) electrons. The van der Waals surface area contributed by atoms with Crippen molar-refractivity contribution in [2.45, 2.75) is 39.2 Å². The fourth-order valence-electron chi connectivity index (χ4n) is 1.65. The molecule has 1 fully saturated rings. The molecule has 1 aliphatic rings. The molecule has 0 amide bonds. The maximum atomic E-state index is 11.6. The summed E-state index contributed by atoms with van der Waals surface area (Å²) >= 11 is 0. The van der Waals surface area contributed by atoms with Gasteiger partial charge in [-0.2, -0.15) is 9.29 Å². The van der Waals surface area contributed by atoms with Crippen molar-refractivity contribution in [1.82, 2.24) is 14.4 Å². The van der Waals surface area contributed by atoms with E-state index in [9.17, 15) is 8.42 Å². The van der Waals surface area contributed by atoms with Gasteiger partial charge in [0.1, 0.15) is 0 Å². The average Bonchev–Trinajstić information content (AvgIpc) is 2.74. The van der Waals surface area contributed by atoms with Crippen LogP contribution < -0.4 is 0 Å². The predicted molar refractivity (Wildman–Crippen MR) is 61.8 cm³/mol. The van der Waals surface area contributed by atoms with Gasteiger partial charge in [0.2, 0.25) is 15.9 Å². The van der Waals surface area contributed by atoms with Crippen molar-refractivity contribution in [3.8, 4) is 0 Å². The van der Waals surface area contributed by atoms with Gasteiger partial charge >= 0.3 is 0 Å². The molecule has 0 bridgehead atoms. The van der Waals surface area contributed by atoms with Crippen LogP contribution in [0, 0.1) is 0 Å². The zero-order valence-corrected chi connectivity index (χ0v) is 11.1. The van der Waals surface area contributed by atoms with Crippen molar-refractivity contribution >= 4 is 10.0 Å². The average molecular weight is 259 g/mol. The summed E-state index contributed by atoms with van der Waals surface area (Å²) in [6.45, 7) is 6.66. The molecule has 7 heteroatoms. The Morgan fingerprint density at radius 3 is 2.59 bits per heavy atom. The lowest BCUT2D eigenvalue weighted by Gasteiger charge is -2.11. The number of hydrogen-bond acceptors (Lipinski definition) is 5. The van der Waals surface area contributed by atoms with E-state index >= 15 is 0 Å². The van der Waals surface area contributed by atoms with Gasteiger partial charge in [0.25, 0.3) is 0 Å². The summed E-state index contributed by atoms with van der Waals surface area (Å²) in [7, 11) is -3.10. The number of sulfonamides is 1. The first-order valence-electron chi connectivity index (χ1n) is 5.60. The molecule has 1 saturated heterocycles. The van der Waals surface area contributed by atoms with Crippen LogP contribution in [0.4, 0.5) is 0 Å². The SMILES string of the molecule is CC(C)(C)c1nc(CN2CCCS2(=O)=O)no1. The molecule has 2 rings (SSSR count). The van der Waals surface area contributed by atoms with Gasteiger partial charge in [0, 0.05) is 12.0 Å². The molecule has 0 atom stereocenters. The van der Waals surface area contributed by atoms with E-state index in [1.165, 1.54) is 4.31 Å². The van der Waals surface area contributed by atoms with Crippen LogP contribution in [0.1, 0.15) is 38.9 Å². The zero-order chi connectivity index (χ0) is 12.7. The van der Waals surface area contributed by atoms with Crippen LogP contribution >= 0.6 is 0 Å². The molecule has 0 N–H and O–H groups in total. The smallest absolute Gasteiger partial charge is 0.232 e. The zero-order valence-electron chi connectivity index (χ0n) is 10.3. The summed E-state index contributed by atoms with van der Waals surface area (Å²) in [6.07, 6.45) is 0.673. The summed E-state index contributed by atoms with van der Waals surface area (Å²) in [6, 6.07) is 0. The third-order valence-electron chi connectivity index (χ3n) is 2.63. The molecule has 1 aromatic heterocycles. The van der Waals surface area contributed by atoms with Crippen molar-refractivity contribution in [2.24, 2.45) is 0 Å². The molecular formula is C10H17N3O3S. The summed E-state index contributed by atoms with van der Waals surface area (Å²) in [5, 5.41) is 3.82. The maximum absolute atomic E-state index is 11.6. The van der Waals surface area contributed by atoms with Crippen LogP contribution in [-0.4, -0.2) is 35.2 Å². The molecule has 0 saturated carbocycles. The maximum Gasteiger partial charge on any atom is 0.232 e. The van der Waals surface area contributed by atoms with Crippen molar-refractivity contribution in [3.05, 3.63) is 11.7 Å². The van der Waals surface area contributed by atoms with Gasteiger partial charge in [-0.05, 0) is 6.42 Å². The molecule has 1 aromatic rings. The summed E-state index contributed by atoms with van der Waals surface area (Å²) in [5.41, 5.74) is -0.213. The molecule has 2 heterocycles. The Hall–Kier alpha value is -0.950. The first-order valence-corrected chi connectivity index (χ1v) is 7.21. The fraction of sp³-hybridized carbons (Fsp3) is 0.800. The topological polar surface area (TPSA) is 76.3 Å². The van der Waals surface area contributed by atoms with Crippen LogP contribution in [0.3, 0.4) is 0 Å². The molecule has 0 aliphatic carbocycles. The molecule has 0 unspecified atom stereocenters. The lowest BCUT2D eigenvalue weighted by molar-refractivity contribution is 0.315. The normalized spacial score (nSPS) is 20.9. The highest BCUT2D eigenvalue weighted by Crippen LogP contribution is 2.21. The van der Waals surface area contributed by atoms with Gasteiger partial charge in [0.05, 0.1) is 12.3 Å². The molecule has 17 heavy (non-hydrogen) atoms. The van der Waals surface area contributed by atoms with Gasteiger partial charge in [-0.1, -0.05) is 25.9 Å². The van der Waals surface area contributed by atoms with Crippen LogP contribution in [0.5, 0.6) is 0 Å². The van der Waals surface area contributed by atoms with Gasteiger partial charge in [0.15, 0.2) is 5.82 Å². The largest absolute Gasteiger partial charge is 0.339 e. The number of rotatable bonds is 2. The van der Waals surface area contributed by atoms with E-state index in [4.69, 9.17) is 4.52 Å². The van der Waals surface area contributed by atoms with E-state index in [1.54, 1.807) is 0 Å². The Morgan fingerprint density at radius 1 is 1.41 bits per heavy atom. The quantitative estimate of drug-likeness (QED) is 0.788. The Kier molecular flexibility index (Phi) is 2.99. The third-order valence-corrected chi connectivity index (χ3v) is 4.53. The second kappa shape index (κ2) is 4.06. The number of nitrogens with zero attached hydrogens (tertiary/aromatic N) is 3. The summed E-state index contributed by atoms with van der Waals surface area (Å²) in [4.78, 5) is 4.23. The molecule has 6 nitrogen and oxygen atoms in total. The second-order valence-electron chi connectivity index (χ2n) is 5.27. The Labute approximate surface area is 101 Å². The van der Waals surface area contributed by atoms with Gasteiger partial charge in [-0.15, -0.1) is 0 Å². The van der Waals surface area contributed by atoms with E-state index in [0.717, 1.165) is 0 Å². The highest BCUT2D eigenvalue weighted by Gasteiger charge is 2.30. The monoisotopic (exact) mass is 259 g/mol. The third kappa shape index (κ3) is 2.66. The summed E-state index contributed by atoms with van der Waals surface area (Å²) in [5.74, 6) is 1.18. The first kappa shape index (κ1) is 12.5. The summed E-state index contributed by atoms with van der Waals surface area (Å²) < 4.78 is 29.8. The minimum Gasteiger partial charge on any atom is -0.339 e. The van der Waals surface area contributed by atoms with Gasteiger partial charge < -0.3 is 4.52 Å². The second-order valence-corrected chi connectivity index (χ2v) is 7.36. The fourth-order valence-corrected chi connectivity index (χ4v) is 3.12. The van der Waals surface area contributed by atoms with Crippen molar-refractivity contribution in [3.63, 3.8) is 0 Å². The minimum absolute atomic E-state index is 0.210. The molecule has 0 spiro atoms. The van der Waals surface area contributed by atoms with Crippen LogP contribution in [0.15, 0.2) is 4.52 Å². The first-order chi connectivity index (χ1) is 7.79. The Balaban J connectivity index is 2.13. The predicted octanol–water partition coefficient (Wildman–Crippen LogP) is 0.903. The van der Waals surface area contributed by atoms with Gasteiger partial charge in [-0.3, -0.25) is 0 Å². The number of aromatic nitrogens is 2. The van der Waals surface area contributed by atoms with Crippen LogP contribution in [-0.2, 0) is 22.0 Å². The van der Waals surface area contributed by atoms with E-state index in [1.807, 2.05) is 20.8 Å². The Morgan fingerprint density at radius 2 is 2.12 bits per heavy atom. The molecule has 1 aliphatic heterocycles. The number of hydrogen-bond donors (Lipinski definition) is 0. The van der Waals surface area contributed by atoms with Crippen molar-refractivity contribution in [2.75, 3.05) is 12.3 Å². The highest BCUT2D eigenvalue weighted by molar-refractivity contribution is 7.89. The van der Waals surface area contributed by atoms with Crippen molar-refractivity contribution < 1.29 is 12.9 Å². The van der Waals surface area contributed by atoms with E-state index in [2.05, 4.69) is 10.1 Å². The van der Waals surface area contributed by atoms with Crippen LogP contribution in [0.25, 0.3) is 0 Å². The van der Waals surface area contributed by atoms with Crippen LogP contribution in [0.2, 0.25) is 0 Å². The Bertz CT molecular complexity index is 501. The molecule has 96 valence electrons. The van der Waals surface area contributed by atoms with E-state index in [0.29, 0.717) is 24.7 Å². The molecule has 0 aromatic carbocycles. The highest BCUT2D eigenvalue weighted by atomic mass is 32.2. The van der Waals surface area contributed by atoms with Gasteiger partial charge in [-0.25, -0.2) is 8.42 Å².